The first-order valence-electron chi connectivity index (χ1n) is 6.32. The molecule has 0 bridgehead atoms. The van der Waals surface area contributed by atoms with Crippen molar-refractivity contribution in [1.82, 2.24) is 0 Å². The van der Waals surface area contributed by atoms with Crippen molar-refractivity contribution in [2.75, 3.05) is 0 Å². The van der Waals surface area contributed by atoms with Crippen LogP contribution in [0.1, 0.15) is 17.2 Å². The van der Waals surface area contributed by atoms with E-state index < -0.39 is 16.0 Å². The molecule has 0 spiro atoms. The molecule has 0 aliphatic carbocycles. The van der Waals surface area contributed by atoms with Gasteiger partial charge in [-0.15, -0.1) is 0 Å². The molecule has 5 nitrogen and oxygen atoms in total. The van der Waals surface area contributed by atoms with Crippen LogP contribution in [-0.2, 0) is 4.84 Å². The number of oxime groups is 1. The van der Waals surface area contributed by atoms with Crippen molar-refractivity contribution in [3.8, 4) is 0 Å². The van der Waals surface area contributed by atoms with Gasteiger partial charge in [0.15, 0.2) is 5.71 Å². The van der Waals surface area contributed by atoms with Crippen LogP contribution in [0.5, 0.6) is 0 Å². The van der Waals surface area contributed by atoms with Crippen molar-refractivity contribution in [2.24, 2.45) is 5.16 Å². The molecular formula is C15H11ClN2O3. The van der Waals surface area contributed by atoms with E-state index in [0.29, 0.717) is 11.1 Å². The zero-order chi connectivity index (χ0) is 14.9. The summed E-state index contributed by atoms with van der Waals surface area (Å²) in [6.07, 6.45) is -0.967. The second-order valence-electron chi connectivity index (χ2n) is 4.63. The SMILES string of the molecule is O=[N+]([O-])C1(Cl)C(c2ccccc2)=NOC1c1ccccc1. The monoisotopic (exact) mass is 302 g/mol. The lowest BCUT2D eigenvalue weighted by Crippen LogP contribution is -2.43. The Bertz CT molecular complexity index is 691. The number of alkyl halides is 1. The summed E-state index contributed by atoms with van der Waals surface area (Å²) < 4.78 is 0. The first-order valence-corrected chi connectivity index (χ1v) is 6.70. The summed E-state index contributed by atoms with van der Waals surface area (Å²) in [5.41, 5.74) is 1.30. The molecule has 21 heavy (non-hydrogen) atoms. The van der Waals surface area contributed by atoms with E-state index in [1.165, 1.54) is 0 Å². The number of hydrogen-bond donors (Lipinski definition) is 0. The lowest BCUT2D eigenvalue weighted by molar-refractivity contribution is -0.531. The molecule has 0 amide bonds. The van der Waals surface area contributed by atoms with Crippen molar-refractivity contribution in [3.05, 3.63) is 81.9 Å². The van der Waals surface area contributed by atoms with Crippen molar-refractivity contribution < 1.29 is 9.76 Å². The highest BCUT2D eigenvalue weighted by Gasteiger charge is 2.61. The van der Waals surface area contributed by atoms with E-state index >= 15 is 0 Å². The van der Waals surface area contributed by atoms with Crippen molar-refractivity contribution in [3.63, 3.8) is 0 Å². The number of rotatable bonds is 3. The summed E-state index contributed by atoms with van der Waals surface area (Å²) >= 11 is 6.35. The zero-order valence-electron chi connectivity index (χ0n) is 10.8. The highest BCUT2D eigenvalue weighted by molar-refractivity contribution is 6.38. The Morgan fingerprint density at radius 3 is 2.24 bits per heavy atom. The summed E-state index contributed by atoms with van der Waals surface area (Å²) in [6, 6.07) is 17.6. The fourth-order valence-electron chi connectivity index (χ4n) is 2.31. The van der Waals surface area contributed by atoms with Crippen LogP contribution in [0.25, 0.3) is 0 Å². The quantitative estimate of drug-likeness (QED) is 0.378. The van der Waals surface area contributed by atoms with Gasteiger partial charge in [0.05, 0.1) is 4.92 Å². The molecule has 2 aromatic rings. The highest BCUT2D eigenvalue weighted by Crippen LogP contribution is 2.43. The first kappa shape index (κ1) is 13.6. The van der Waals surface area contributed by atoms with Crippen LogP contribution in [0, 0.1) is 10.1 Å². The van der Waals surface area contributed by atoms with Crippen LogP contribution >= 0.6 is 11.6 Å². The highest BCUT2D eigenvalue weighted by atomic mass is 35.5. The Balaban J connectivity index is 2.07. The number of hydrogen-bond acceptors (Lipinski definition) is 4. The third-order valence-electron chi connectivity index (χ3n) is 3.34. The van der Waals surface area contributed by atoms with Gasteiger partial charge in [-0.3, -0.25) is 10.1 Å². The minimum atomic E-state index is -1.94. The molecule has 0 saturated carbocycles. The Morgan fingerprint density at radius 1 is 1.10 bits per heavy atom. The summed E-state index contributed by atoms with van der Waals surface area (Å²) in [4.78, 5) is 14.4. The van der Waals surface area contributed by atoms with Gasteiger partial charge >= 0.3 is 5.00 Å². The van der Waals surface area contributed by atoms with E-state index in [0.717, 1.165) is 0 Å². The standard InChI is InChI=1S/C15H11ClN2O3/c16-15(18(19)20)13(11-7-3-1-4-8-11)17-21-14(15)12-9-5-2-6-10-12/h1-10,14H. The maximum absolute atomic E-state index is 11.6. The molecule has 0 radical (unpaired) electrons. The summed E-state index contributed by atoms with van der Waals surface area (Å²) in [7, 11) is 0. The first-order chi connectivity index (χ1) is 10.1. The van der Waals surface area contributed by atoms with E-state index in [1.807, 2.05) is 12.1 Å². The lowest BCUT2D eigenvalue weighted by Gasteiger charge is -2.20. The second kappa shape index (κ2) is 5.18. The molecule has 0 saturated heterocycles. The number of nitro groups is 1. The Morgan fingerprint density at radius 2 is 1.67 bits per heavy atom. The molecule has 106 valence electrons. The molecule has 1 heterocycles. The lowest BCUT2D eigenvalue weighted by atomic mass is 9.95. The van der Waals surface area contributed by atoms with Crippen molar-refractivity contribution in [1.29, 1.82) is 0 Å². The van der Waals surface area contributed by atoms with Gasteiger partial charge in [-0.2, -0.15) is 0 Å². The molecule has 1 aliphatic heterocycles. The van der Waals surface area contributed by atoms with E-state index in [2.05, 4.69) is 5.16 Å². The smallest absolute Gasteiger partial charge is 0.377 e. The van der Waals surface area contributed by atoms with Gasteiger partial charge < -0.3 is 4.84 Å². The predicted molar refractivity (Wildman–Crippen MR) is 78.8 cm³/mol. The third-order valence-corrected chi connectivity index (χ3v) is 3.86. The minimum Gasteiger partial charge on any atom is -0.377 e. The largest absolute Gasteiger partial charge is 0.383 e. The molecule has 1 aliphatic rings. The van der Waals surface area contributed by atoms with Gasteiger partial charge in [0.1, 0.15) is 0 Å². The van der Waals surface area contributed by atoms with E-state index in [-0.39, 0.29) is 5.71 Å². The van der Waals surface area contributed by atoms with Crippen LogP contribution in [0.3, 0.4) is 0 Å². The topological polar surface area (TPSA) is 64.7 Å². The summed E-state index contributed by atoms with van der Waals surface area (Å²) in [5, 5.41) is 15.5. The molecular weight excluding hydrogens is 292 g/mol. The number of benzene rings is 2. The molecule has 2 aromatic carbocycles. The molecule has 2 atom stereocenters. The van der Waals surface area contributed by atoms with Gasteiger partial charge in [0, 0.05) is 11.1 Å². The van der Waals surface area contributed by atoms with Crippen molar-refractivity contribution >= 4 is 17.3 Å². The molecule has 0 fully saturated rings. The molecule has 0 N–H and O–H groups in total. The maximum Gasteiger partial charge on any atom is 0.383 e. The second-order valence-corrected chi connectivity index (χ2v) is 5.21. The average Bonchev–Trinajstić information content (AvgIpc) is 2.88. The molecule has 3 rings (SSSR count). The van der Waals surface area contributed by atoms with Gasteiger partial charge in [-0.25, -0.2) is 0 Å². The van der Waals surface area contributed by atoms with Gasteiger partial charge in [0.2, 0.25) is 6.10 Å². The molecule has 6 heteroatoms. The molecule has 0 aromatic heterocycles. The van der Waals surface area contributed by atoms with E-state index in [1.54, 1.807) is 48.5 Å². The van der Waals surface area contributed by atoms with E-state index in [9.17, 15) is 10.1 Å². The van der Waals surface area contributed by atoms with Gasteiger partial charge in [-0.05, 0) is 11.6 Å². The normalized spacial score (nSPS) is 24.2. The van der Waals surface area contributed by atoms with Crippen LogP contribution in [-0.4, -0.2) is 15.6 Å². The summed E-state index contributed by atoms with van der Waals surface area (Å²) in [5.74, 6) is 0. The minimum absolute atomic E-state index is 0.114. The third kappa shape index (κ3) is 2.15. The summed E-state index contributed by atoms with van der Waals surface area (Å²) in [6.45, 7) is 0. The van der Waals surface area contributed by atoms with Gasteiger partial charge in [-0.1, -0.05) is 65.8 Å². The Labute approximate surface area is 125 Å². The Kier molecular flexibility index (Phi) is 3.35. The fraction of sp³-hybridized carbons (Fsp3) is 0.133. The van der Waals surface area contributed by atoms with Gasteiger partial charge in [0.25, 0.3) is 0 Å². The molecule has 2 unspecified atom stereocenters. The predicted octanol–water partition coefficient (Wildman–Crippen LogP) is 3.37. The van der Waals surface area contributed by atoms with Crippen molar-refractivity contribution in [2.45, 2.75) is 11.1 Å². The number of nitrogens with zero attached hydrogens (tertiary/aromatic N) is 2. The van der Waals surface area contributed by atoms with Crippen LogP contribution in [0.2, 0.25) is 0 Å². The number of halogens is 1. The van der Waals surface area contributed by atoms with E-state index in [4.69, 9.17) is 16.4 Å². The van der Waals surface area contributed by atoms with Crippen LogP contribution in [0.15, 0.2) is 65.8 Å². The maximum atomic E-state index is 11.6. The zero-order valence-corrected chi connectivity index (χ0v) is 11.6. The fourth-order valence-corrected chi connectivity index (χ4v) is 2.62. The van der Waals surface area contributed by atoms with Crippen LogP contribution < -0.4 is 0 Å². The van der Waals surface area contributed by atoms with Crippen LogP contribution in [0.4, 0.5) is 0 Å². The Hall–Kier alpha value is -2.40. The average molecular weight is 303 g/mol.